The van der Waals surface area contributed by atoms with Gasteiger partial charge in [0.2, 0.25) is 0 Å². The number of ether oxygens (including phenoxy) is 11. The van der Waals surface area contributed by atoms with Gasteiger partial charge in [-0.25, -0.2) is 4.79 Å². The maximum atomic E-state index is 11.6. The SMILES string of the molecule is O=C(NCCOCCOCCOCCOCCOCCOCCOCCOCCOCCOCCN1C(=O)C=CC1=O)OCc1ccccc1. The Morgan fingerprint density at radius 2 is 0.820 bits per heavy atom. The van der Waals surface area contributed by atoms with E-state index in [4.69, 9.17) is 52.1 Å². The first kappa shape index (κ1) is 43.1. The number of amides is 3. The quantitative estimate of drug-likeness (QED) is 0.0781. The summed E-state index contributed by atoms with van der Waals surface area (Å²) >= 11 is 0. The lowest BCUT2D eigenvalue weighted by Crippen LogP contribution is -2.33. The van der Waals surface area contributed by atoms with Crippen molar-refractivity contribution in [3.8, 4) is 0 Å². The van der Waals surface area contributed by atoms with Crippen LogP contribution in [0.25, 0.3) is 0 Å². The molecule has 0 bridgehead atoms. The van der Waals surface area contributed by atoms with Gasteiger partial charge in [0.1, 0.15) is 6.61 Å². The van der Waals surface area contributed by atoms with Crippen molar-refractivity contribution in [3.05, 3.63) is 48.0 Å². The highest BCUT2D eigenvalue weighted by atomic mass is 16.6. The van der Waals surface area contributed by atoms with Crippen molar-refractivity contribution in [2.45, 2.75) is 6.61 Å². The van der Waals surface area contributed by atoms with Crippen molar-refractivity contribution in [3.63, 3.8) is 0 Å². The van der Waals surface area contributed by atoms with E-state index in [0.717, 1.165) is 10.5 Å². The van der Waals surface area contributed by atoms with Gasteiger partial charge in [0.25, 0.3) is 11.8 Å². The Hall–Kier alpha value is -3.03. The number of benzene rings is 1. The predicted octanol–water partition coefficient (Wildman–Crippen LogP) is 1.00. The third-order valence-electron chi connectivity index (χ3n) is 6.44. The van der Waals surface area contributed by atoms with Crippen LogP contribution in [0.2, 0.25) is 0 Å². The fourth-order valence-corrected chi connectivity index (χ4v) is 3.89. The second-order valence-electron chi connectivity index (χ2n) is 10.3. The molecular formula is C34H54N2O14. The van der Waals surface area contributed by atoms with Crippen LogP contribution >= 0.6 is 0 Å². The molecule has 3 amide bonds. The Morgan fingerprint density at radius 1 is 0.480 bits per heavy atom. The lowest BCUT2D eigenvalue weighted by atomic mass is 10.2. The molecule has 0 saturated carbocycles. The lowest BCUT2D eigenvalue weighted by Gasteiger charge is -2.13. The molecule has 0 fully saturated rings. The topological polar surface area (TPSA) is 168 Å². The highest BCUT2D eigenvalue weighted by Crippen LogP contribution is 2.02. The highest BCUT2D eigenvalue weighted by Gasteiger charge is 2.22. The number of alkyl carbamates (subject to hydrolysis) is 1. The summed E-state index contributed by atoms with van der Waals surface area (Å²) in [5.41, 5.74) is 0.932. The lowest BCUT2D eigenvalue weighted by molar-refractivity contribution is -0.137. The standard InChI is InChI=1S/C34H54N2O14/c37-32-6-7-33(38)36(32)9-11-41-13-15-43-17-19-45-21-23-47-25-27-49-29-28-48-26-24-46-22-20-44-18-16-42-14-12-40-10-8-35-34(39)50-30-31-4-2-1-3-5-31/h1-7H,8-30H2,(H,35,39). The summed E-state index contributed by atoms with van der Waals surface area (Å²) in [5.74, 6) is -0.621. The summed E-state index contributed by atoms with van der Waals surface area (Å²) < 4.78 is 59.5. The van der Waals surface area contributed by atoms with Crippen molar-refractivity contribution in [1.82, 2.24) is 10.2 Å². The van der Waals surface area contributed by atoms with Gasteiger partial charge in [-0.1, -0.05) is 30.3 Å². The number of carbonyl (C=O) groups is 3. The van der Waals surface area contributed by atoms with Gasteiger partial charge >= 0.3 is 6.09 Å². The molecule has 0 saturated heterocycles. The number of hydrogen-bond donors (Lipinski definition) is 1. The molecule has 50 heavy (non-hydrogen) atoms. The molecular weight excluding hydrogens is 660 g/mol. The first-order valence-electron chi connectivity index (χ1n) is 16.9. The average molecular weight is 715 g/mol. The first-order chi connectivity index (χ1) is 24.7. The molecule has 2 rings (SSSR count). The van der Waals surface area contributed by atoms with E-state index in [-0.39, 0.29) is 31.6 Å². The molecule has 0 atom stereocenters. The van der Waals surface area contributed by atoms with E-state index < -0.39 is 6.09 Å². The Labute approximate surface area is 294 Å². The molecule has 1 N–H and O–H groups in total. The van der Waals surface area contributed by atoms with E-state index >= 15 is 0 Å². The van der Waals surface area contributed by atoms with Crippen LogP contribution in [0.5, 0.6) is 0 Å². The fourth-order valence-electron chi connectivity index (χ4n) is 3.89. The molecule has 1 aliphatic rings. The van der Waals surface area contributed by atoms with Gasteiger partial charge in [0.15, 0.2) is 0 Å². The van der Waals surface area contributed by atoms with E-state index in [1.165, 1.54) is 12.2 Å². The minimum atomic E-state index is -0.475. The summed E-state index contributed by atoms with van der Waals surface area (Å²) in [6.45, 7) is 9.62. The largest absolute Gasteiger partial charge is 0.445 e. The van der Waals surface area contributed by atoms with E-state index in [9.17, 15) is 14.4 Å². The van der Waals surface area contributed by atoms with Crippen LogP contribution in [-0.4, -0.2) is 168 Å². The number of imide groups is 1. The summed E-state index contributed by atoms with van der Waals surface area (Å²) in [5, 5.41) is 2.64. The minimum Gasteiger partial charge on any atom is -0.445 e. The molecule has 0 radical (unpaired) electrons. The molecule has 0 unspecified atom stereocenters. The summed E-state index contributed by atoms with van der Waals surface area (Å²) in [6, 6.07) is 9.48. The molecule has 16 heteroatoms. The van der Waals surface area contributed by atoms with Gasteiger partial charge in [-0.2, -0.15) is 0 Å². The summed E-state index contributed by atoms with van der Waals surface area (Å²) in [4.78, 5) is 35.6. The number of nitrogens with zero attached hydrogens (tertiary/aromatic N) is 1. The second-order valence-corrected chi connectivity index (χ2v) is 10.3. The molecule has 0 aromatic heterocycles. The van der Waals surface area contributed by atoms with Crippen LogP contribution in [0, 0.1) is 0 Å². The molecule has 1 heterocycles. The number of carbonyl (C=O) groups excluding carboxylic acids is 3. The van der Waals surface area contributed by atoms with Crippen LogP contribution in [0.4, 0.5) is 4.79 Å². The number of hydrogen-bond acceptors (Lipinski definition) is 14. The molecule has 1 aromatic rings. The van der Waals surface area contributed by atoms with Crippen LogP contribution < -0.4 is 5.32 Å². The third-order valence-corrected chi connectivity index (χ3v) is 6.44. The second kappa shape index (κ2) is 31.9. The van der Waals surface area contributed by atoms with E-state index in [0.29, 0.717) is 132 Å². The van der Waals surface area contributed by atoms with Gasteiger partial charge in [-0.3, -0.25) is 14.5 Å². The van der Waals surface area contributed by atoms with Crippen LogP contribution in [0.3, 0.4) is 0 Å². The fraction of sp³-hybridized carbons (Fsp3) is 0.676. The predicted molar refractivity (Wildman–Crippen MR) is 179 cm³/mol. The highest BCUT2D eigenvalue weighted by molar-refractivity contribution is 6.12. The normalized spacial score (nSPS) is 12.7. The number of nitrogens with one attached hydrogen (secondary N) is 1. The molecule has 0 spiro atoms. The van der Waals surface area contributed by atoms with Gasteiger partial charge in [-0.15, -0.1) is 0 Å². The zero-order chi connectivity index (χ0) is 35.6. The Bertz CT molecular complexity index is 999. The van der Waals surface area contributed by atoms with E-state index in [1.807, 2.05) is 30.3 Å². The Kier molecular flexibility index (Phi) is 27.5. The molecule has 284 valence electrons. The van der Waals surface area contributed by atoms with Crippen molar-refractivity contribution >= 4 is 17.9 Å². The maximum absolute atomic E-state index is 11.6. The summed E-state index contributed by atoms with van der Waals surface area (Å²) in [6.07, 6.45) is 2.03. The first-order valence-corrected chi connectivity index (χ1v) is 16.9. The van der Waals surface area contributed by atoms with E-state index in [2.05, 4.69) is 5.32 Å². The van der Waals surface area contributed by atoms with Gasteiger partial charge in [-0.05, 0) is 5.56 Å². The minimum absolute atomic E-state index is 0.232. The van der Waals surface area contributed by atoms with E-state index in [1.54, 1.807) is 0 Å². The van der Waals surface area contributed by atoms with Gasteiger partial charge < -0.3 is 57.4 Å². The zero-order valence-corrected chi connectivity index (χ0v) is 29.0. The molecule has 16 nitrogen and oxygen atoms in total. The third kappa shape index (κ3) is 25.0. The molecule has 0 aliphatic carbocycles. The Morgan fingerprint density at radius 3 is 1.20 bits per heavy atom. The molecule has 1 aliphatic heterocycles. The van der Waals surface area contributed by atoms with Crippen molar-refractivity contribution < 1.29 is 66.5 Å². The van der Waals surface area contributed by atoms with Crippen molar-refractivity contribution in [2.24, 2.45) is 0 Å². The number of rotatable bonds is 35. The monoisotopic (exact) mass is 714 g/mol. The smallest absolute Gasteiger partial charge is 0.407 e. The van der Waals surface area contributed by atoms with Crippen molar-refractivity contribution in [2.75, 3.05) is 145 Å². The zero-order valence-electron chi connectivity index (χ0n) is 29.0. The van der Waals surface area contributed by atoms with Crippen LogP contribution in [0.1, 0.15) is 5.56 Å². The Balaban J connectivity index is 1.15. The van der Waals surface area contributed by atoms with Gasteiger partial charge in [0, 0.05) is 18.7 Å². The molecule has 1 aromatic carbocycles. The van der Waals surface area contributed by atoms with Crippen molar-refractivity contribution in [1.29, 1.82) is 0 Å². The average Bonchev–Trinajstić information content (AvgIpc) is 3.45. The maximum Gasteiger partial charge on any atom is 0.407 e. The van der Waals surface area contributed by atoms with Gasteiger partial charge in [0.05, 0.1) is 139 Å². The van der Waals surface area contributed by atoms with Crippen LogP contribution in [0.15, 0.2) is 42.5 Å². The van der Waals surface area contributed by atoms with Crippen LogP contribution in [-0.2, 0) is 68.3 Å². The summed E-state index contributed by atoms with van der Waals surface area (Å²) in [7, 11) is 0.